The smallest absolute Gasteiger partial charge is 0.195 e. The van der Waals surface area contributed by atoms with Crippen LogP contribution in [0.25, 0.3) is 4.96 Å². The van der Waals surface area contributed by atoms with Crippen LogP contribution in [-0.4, -0.2) is 46.5 Å². The molecule has 4 nitrogen and oxygen atoms in total. The molecule has 0 aromatic carbocycles. The van der Waals surface area contributed by atoms with E-state index in [1.54, 1.807) is 11.3 Å². The maximum absolute atomic E-state index is 6.12. The normalized spacial score (nSPS) is 21.4. The molecule has 0 bridgehead atoms. The van der Waals surface area contributed by atoms with Gasteiger partial charge in [0, 0.05) is 43.8 Å². The highest BCUT2D eigenvalue weighted by atomic mass is 35.5. The number of hydrogen-bond donors (Lipinski definition) is 0. The zero-order valence-electron chi connectivity index (χ0n) is 10.8. The topological polar surface area (TPSA) is 23.8 Å². The molecule has 0 atom stereocenters. The lowest BCUT2D eigenvalue weighted by molar-refractivity contribution is 0.247. The predicted octanol–water partition coefficient (Wildman–Crippen LogP) is 2.42. The number of fused-ring (bicyclic) bond motifs is 1. The second-order valence-electron chi connectivity index (χ2n) is 5.33. The summed E-state index contributed by atoms with van der Waals surface area (Å²) in [4.78, 5) is 10.8. The van der Waals surface area contributed by atoms with Crippen LogP contribution in [0, 0.1) is 0 Å². The molecule has 2 aromatic heterocycles. The Hall–Kier alpha value is -0.780. The van der Waals surface area contributed by atoms with Crippen LogP contribution >= 0.6 is 22.9 Å². The second kappa shape index (κ2) is 4.65. The number of imidazole rings is 1. The zero-order valence-corrected chi connectivity index (χ0v) is 12.3. The van der Waals surface area contributed by atoms with Gasteiger partial charge in [-0.3, -0.25) is 9.30 Å². The van der Waals surface area contributed by atoms with Gasteiger partial charge in [0.25, 0.3) is 0 Å². The highest BCUT2D eigenvalue weighted by Crippen LogP contribution is 2.30. The van der Waals surface area contributed by atoms with Gasteiger partial charge in [-0.05, 0) is 12.8 Å². The highest BCUT2D eigenvalue weighted by molar-refractivity contribution is 7.15. The largest absolute Gasteiger partial charge is 0.352 e. The molecular formula is C13H17ClN4S. The standard InChI is InChI=1S/C13H17ClN4S/c14-9-11-12(15-13-18(11)7-8-19-13)17-5-3-16(4-6-17)10-1-2-10/h7-8,10H,1-6,9H2. The number of anilines is 1. The van der Waals surface area contributed by atoms with Crippen molar-refractivity contribution >= 4 is 33.7 Å². The molecule has 1 aliphatic carbocycles. The zero-order chi connectivity index (χ0) is 12.8. The van der Waals surface area contributed by atoms with Gasteiger partial charge in [-0.15, -0.1) is 22.9 Å². The average molecular weight is 297 g/mol. The van der Waals surface area contributed by atoms with Gasteiger partial charge < -0.3 is 4.90 Å². The lowest BCUT2D eigenvalue weighted by atomic mass is 10.3. The molecule has 6 heteroatoms. The molecule has 1 saturated carbocycles. The second-order valence-corrected chi connectivity index (χ2v) is 6.47. The fourth-order valence-electron chi connectivity index (χ4n) is 2.94. The monoisotopic (exact) mass is 296 g/mol. The van der Waals surface area contributed by atoms with E-state index in [4.69, 9.17) is 16.6 Å². The summed E-state index contributed by atoms with van der Waals surface area (Å²) in [5.41, 5.74) is 1.14. The highest BCUT2D eigenvalue weighted by Gasteiger charge is 2.32. The van der Waals surface area contributed by atoms with Gasteiger partial charge in [-0.2, -0.15) is 0 Å². The van der Waals surface area contributed by atoms with Crippen LogP contribution in [-0.2, 0) is 5.88 Å². The molecule has 0 unspecified atom stereocenters. The Morgan fingerprint density at radius 3 is 2.74 bits per heavy atom. The van der Waals surface area contributed by atoms with E-state index in [-0.39, 0.29) is 0 Å². The van der Waals surface area contributed by atoms with Crippen LogP contribution in [0.2, 0.25) is 0 Å². The van der Waals surface area contributed by atoms with Gasteiger partial charge in [0.05, 0.1) is 11.6 Å². The Morgan fingerprint density at radius 2 is 2.05 bits per heavy atom. The van der Waals surface area contributed by atoms with E-state index >= 15 is 0 Å². The third-order valence-corrected chi connectivity index (χ3v) is 5.15. The predicted molar refractivity (Wildman–Crippen MR) is 79.4 cm³/mol. The Bertz CT molecular complexity index is 580. The van der Waals surface area contributed by atoms with Gasteiger partial charge in [0.15, 0.2) is 10.8 Å². The van der Waals surface area contributed by atoms with Crippen LogP contribution in [0.3, 0.4) is 0 Å². The maximum Gasteiger partial charge on any atom is 0.195 e. The number of rotatable bonds is 3. The number of aromatic nitrogens is 2. The van der Waals surface area contributed by atoms with Crippen LogP contribution in [0.15, 0.2) is 11.6 Å². The molecule has 2 fully saturated rings. The summed E-state index contributed by atoms with van der Waals surface area (Å²) in [6.45, 7) is 4.48. The summed E-state index contributed by atoms with van der Waals surface area (Å²) in [5.74, 6) is 1.62. The van der Waals surface area contributed by atoms with Gasteiger partial charge in [0.1, 0.15) is 0 Å². The number of hydrogen-bond acceptors (Lipinski definition) is 4. The van der Waals surface area contributed by atoms with Crippen LogP contribution < -0.4 is 4.90 Å². The molecule has 2 aliphatic rings. The van der Waals surface area contributed by atoms with Gasteiger partial charge >= 0.3 is 0 Å². The Kier molecular flexibility index (Phi) is 2.94. The van der Waals surface area contributed by atoms with Crippen molar-refractivity contribution in [3.8, 4) is 0 Å². The van der Waals surface area contributed by atoms with Crippen molar-refractivity contribution < 1.29 is 0 Å². The molecule has 1 aliphatic heterocycles. The maximum atomic E-state index is 6.12. The quantitative estimate of drug-likeness (QED) is 0.813. The lowest BCUT2D eigenvalue weighted by Gasteiger charge is -2.35. The van der Waals surface area contributed by atoms with E-state index in [1.807, 2.05) is 0 Å². The fraction of sp³-hybridized carbons (Fsp3) is 0.615. The van der Waals surface area contributed by atoms with Crippen molar-refractivity contribution in [1.82, 2.24) is 14.3 Å². The molecule has 0 N–H and O–H groups in total. The number of thiazole rings is 1. The van der Waals surface area contributed by atoms with Crippen molar-refractivity contribution in [2.75, 3.05) is 31.1 Å². The fourth-order valence-corrected chi connectivity index (χ4v) is 3.91. The van der Waals surface area contributed by atoms with E-state index in [1.165, 1.54) is 12.8 Å². The molecule has 19 heavy (non-hydrogen) atoms. The molecule has 0 amide bonds. The molecule has 4 rings (SSSR count). The molecule has 1 saturated heterocycles. The third kappa shape index (κ3) is 2.04. The van der Waals surface area contributed by atoms with Gasteiger partial charge in [-0.1, -0.05) is 0 Å². The number of nitrogens with zero attached hydrogens (tertiary/aromatic N) is 4. The first-order valence-electron chi connectivity index (χ1n) is 6.86. The van der Waals surface area contributed by atoms with Crippen molar-refractivity contribution in [3.63, 3.8) is 0 Å². The number of piperazine rings is 1. The first-order chi connectivity index (χ1) is 9.36. The lowest BCUT2D eigenvalue weighted by Crippen LogP contribution is -2.47. The summed E-state index contributed by atoms with van der Waals surface area (Å²) < 4.78 is 2.13. The molecule has 3 heterocycles. The Labute approximate surface area is 121 Å². The van der Waals surface area contributed by atoms with E-state index in [0.29, 0.717) is 5.88 Å². The van der Waals surface area contributed by atoms with Crippen LogP contribution in [0.5, 0.6) is 0 Å². The Balaban J connectivity index is 1.58. The third-order valence-electron chi connectivity index (χ3n) is 4.14. The summed E-state index contributed by atoms with van der Waals surface area (Å²) in [7, 11) is 0. The van der Waals surface area contributed by atoms with Crippen LogP contribution in [0.4, 0.5) is 5.82 Å². The van der Waals surface area contributed by atoms with Crippen molar-refractivity contribution in [2.24, 2.45) is 0 Å². The summed E-state index contributed by atoms with van der Waals surface area (Å²) >= 11 is 7.80. The van der Waals surface area contributed by atoms with Crippen molar-refractivity contribution in [1.29, 1.82) is 0 Å². The minimum atomic E-state index is 0.524. The first-order valence-corrected chi connectivity index (χ1v) is 8.27. The van der Waals surface area contributed by atoms with E-state index < -0.39 is 0 Å². The van der Waals surface area contributed by atoms with E-state index in [9.17, 15) is 0 Å². The van der Waals surface area contributed by atoms with Crippen molar-refractivity contribution in [3.05, 3.63) is 17.3 Å². The molecule has 0 spiro atoms. The van der Waals surface area contributed by atoms with Gasteiger partial charge in [-0.25, -0.2) is 4.98 Å². The van der Waals surface area contributed by atoms with Crippen molar-refractivity contribution in [2.45, 2.75) is 24.8 Å². The molecule has 102 valence electrons. The van der Waals surface area contributed by atoms with Gasteiger partial charge in [0.2, 0.25) is 0 Å². The Morgan fingerprint density at radius 1 is 1.26 bits per heavy atom. The minimum absolute atomic E-state index is 0.524. The average Bonchev–Trinajstić information content (AvgIpc) is 3.09. The van der Waals surface area contributed by atoms with E-state index in [0.717, 1.165) is 48.7 Å². The van der Waals surface area contributed by atoms with Crippen LogP contribution in [0.1, 0.15) is 18.5 Å². The first kappa shape index (κ1) is 12.0. The molecule has 2 aromatic rings. The minimum Gasteiger partial charge on any atom is -0.352 e. The SMILES string of the molecule is ClCc1c(N2CCN(C3CC3)CC2)nc2sccn12. The molecular weight excluding hydrogens is 280 g/mol. The summed E-state index contributed by atoms with van der Waals surface area (Å²) in [6, 6.07) is 0.875. The number of alkyl halides is 1. The van der Waals surface area contributed by atoms with E-state index in [2.05, 4.69) is 25.8 Å². The summed E-state index contributed by atoms with van der Waals surface area (Å²) in [6.07, 6.45) is 4.86. The molecule has 0 radical (unpaired) electrons. The number of halogens is 1. The summed E-state index contributed by atoms with van der Waals surface area (Å²) in [5, 5.41) is 2.06.